The number of rotatable bonds is 10. The summed E-state index contributed by atoms with van der Waals surface area (Å²) in [6.07, 6.45) is 2.10. The first-order chi connectivity index (χ1) is 18.8. The Morgan fingerprint density at radius 1 is 0.949 bits per heavy atom. The second-order valence-electron chi connectivity index (χ2n) is 11.1. The molecule has 9 heteroatoms. The van der Waals surface area contributed by atoms with Crippen LogP contribution in [0.5, 0.6) is 0 Å². The first-order valence-electron chi connectivity index (χ1n) is 13.8. The molecule has 214 valence electrons. The number of carbonyl (C=O) groups excluding carboxylic acids is 1. The minimum atomic E-state index is -2.65. The molecular weight excluding hydrogens is 547 g/mol. The van der Waals surface area contributed by atoms with Crippen molar-refractivity contribution in [3.05, 3.63) is 60.7 Å². The summed E-state index contributed by atoms with van der Waals surface area (Å²) in [6.45, 7) is 7.67. The van der Waals surface area contributed by atoms with Crippen molar-refractivity contribution in [2.75, 3.05) is 39.1 Å². The van der Waals surface area contributed by atoms with Crippen molar-refractivity contribution < 1.29 is 23.4 Å². The van der Waals surface area contributed by atoms with Gasteiger partial charge < -0.3 is 18.6 Å². The number of benzene rings is 2. The zero-order valence-corrected chi connectivity index (χ0v) is 26.5. The van der Waals surface area contributed by atoms with Crippen LogP contribution in [0.2, 0.25) is 5.04 Å². The maximum absolute atomic E-state index is 13.3. The molecule has 2 saturated heterocycles. The summed E-state index contributed by atoms with van der Waals surface area (Å²) >= 11 is 3.83. The van der Waals surface area contributed by atoms with Crippen molar-refractivity contribution in [2.45, 2.75) is 67.8 Å². The minimum Gasteiger partial charge on any atom is -0.453 e. The Morgan fingerprint density at radius 2 is 1.54 bits per heavy atom. The van der Waals surface area contributed by atoms with Crippen LogP contribution >= 0.6 is 23.5 Å². The molecule has 4 rings (SSSR count). The quantitative estimate of drug-likeness (QED) is 0.274. The Bertz CT molecular complexity index is 993. The number of methoxy groups -OCH3 is 2. The van der Waals surface area contributed by atoms with Gasteiger partial charge in [0.2, 0.25) is 0 Å². The lowest BCUT2D eigenvalue weighted by atomic mass is 9.92. The first-order valence-corrected chi connectivity index (χ1v) is 17.8. The van der Waals surface area contributed by atoms with E-state index in [-0.39, 0.29) is 40.7 Å². The lowest BCUT2D eigenvalue weighted by molar-refractivity contribution is -0.117. The van der Waals surface area contributed by atoms with E-state index in [2.05, 4.69) is 81.4 Å². The summed E-state index contributed by atoms with van der Waals surface area (Å²) in [4.78, 5) is 15.3. The highest BCUT2D eigenvalue weighted by atomic mass is 32.2. The molecule has 39 heavy (non-hydrogen) atoms. The first kappa shape index (κ1) is 30.5. The van der Waals surface area contributed by atoms with Crippen LogP contribution in [0.4, 0.5) is 4.79 Å². The number of nitrogens with zero attached hydrogens (tertiary/aromatic N) is 1. The fraction of sp³-hybridized carbons (Fsp3) is 0.567. The van der Waals surface area contributed by atoms with Gasteiger partial charge in [0.1, 0.15) is 6.79 Å². The van der Waals surface area contributed by atoms with E-state index in [1.165, 1.54) is 17.5 Å². The fourth-order valence-electron chi connectivity index (χ4n) is 6.08. The van der Waals surface area contributed by atoms with Crippen LogP contribution < -0.4 is 10.4 Å². The molecule has 2 aliphatic rings. The molecule has 2 heterocycles. The average Bonchev–Trinajstić information content (AvgIpc) is 3.49. The van der Waals surface area contributed by atoms with E-state index in [0.29, 0.717) is 6.61 Å². The number of piperidine rings is 1. The minimum absolute atomic E-state index is 0.0184. The van der Waals surface area contributed by atoms with E-state index in [9.17, 15) is 4.79 Å². The molecule has 2 aromatic carbocycles. The number of hydrogen-bond acceptors (Lipinski definition) is 7. The number of ether oxygens (including phenoxy) is 3. The van der Waals surface area contributed by atoms with Gasteiger partial charge in [0.25, 0.3) is 8.32 Å². The Kier molecular flexibility index (Phi) is 10.9. The molecule has 0 N–H and O–H groups in total. The van der Waals surface area contributed by atoms with Crippen molar-refractivity contribution in [3.63, 3.8) is 0 Å². The molecule has 0 unspecified atom stereocenters. The topological polar surface area (TPSA) is 57.2 Å². The number of likely N-dealkylation sites (tertiary alicyclic amines) is 1. The van der Waals surface area contributed by atoms with Gasteiger partial charge >= 0.3 is 6.09 Å². The molecule has 2 aromatic rings. The molecule has 0 aliphatic carbocycles. The van der Waals surface area contributed by atoms with Gasteiger partial charge in [0, 0.05) is 31.3 Å². The molecule has 0 bridgehead atoms. The highest BCUT2D eigenvalue weighted by molar-refractivity contribution is 8.20. The second kappa shape index (κ2) is 13.9. The summed E-state index contributed by atoms with van der Waals surface area (Å²) in [5.74, 6) is 2.17. The summed E-state index contributed by atoms with van der Waals surface area (Å²) < 4.78 is 24.2. The van der Waals surface area contributed by atoms with E-state index in [0.717, 1.165) is 30.8 Å². The van der Waals surface area contributed by atoms with Gasteiger partial charge in [-0.05, 0) is 34.7 Å². The standard InChI is InChI=1S/C30H43NO5S2Si/c1-30(2,3)39(24-12-8-6-9-13-24,25-14-10-7-11-15-25)36-19-18-23-16-17-26(35-22-33-4)27(28-37-20-21-38-28)31(23)29(32)34-5/h6-15,23,26-28H,16-22H2,1-5H3/t23-,26-,27+/m0/s1. The van der Waals surface area contributed by atoms with Gasteiger partial charge in [-0.3, -0.25) is 4.90 Å². The Labute approximate surface area is 243 Å². The zero-order chi connectivity index (χ0) is 27.9. The Morgan fingerprint density at radius 3 is 2.05 bits per heavy atom. The lowest BCUT2D eigenvalue weighted by Crippen LogP contribution is -2.67. The normalized spacial score (nSPS) is 22.7. The van der Waals surface area contributed by atoms with Crippen molar-refractivity contribution in [1.29, 1.82) is 0 Å². The van der Waals surface area contributed by atoms with Crippen molar-refractivity contribution in [1.82, 2.24) is 4.90 Å². The monoisotopic (exact) mass is 589 g/mol. The highest BCUT2D eigenvalue weighted by Crippen LogP contribution is 2.43. The van der Waals surface area contributed by atoms with Crippen LogP contribution in [-0.4, -0.2) is 81.2 Å². The summed E-state index contributed by atoms with van der Waals surface area (Å²) in [5.41, 5.74) is 0. The van der Waals surface area contributed by atoms with Gasteiger partial charge in [-0.1, -0.05) is 81.4 Å². The molecule has 3 atom stereocenters. The fourth-order valence-corrected chi connectivity index (χ4v) is 13.9. The van der Waals surface area contributed by atoms with Crippen molar-refractivity contribution >= 4 is 48.3 Å². The third-order valence-electron chi connectivity index (χ3n) is 7.78. The maximum atomic E-state index is 13.3. The lowest BCUT2D eigenvalue weighted by Gasteiger charge is -2.48. The van der Waals surface area contributed by atoms with Crippen LogP contribution in [0.3, 0.4) is 0 Å². The van der Waals surface area contributed by atoms with Gasteiger partial charge in [-0.2, -0.15) is 0 Å². The number of amides is 1. The molecule has 0 spiro atoms. The van der Waals surface area contributed by atoms with E-state index < -0.39 is 8.32 Å². The molecular formula is C30H43NO5S2Si. The SMILES string of the molecule is COCO[C@H]1CC[C@@H](CCO[Si](c2ccccc2)(c2ccccc2)C(C)(C)C)N(C(=O)OC)[C@H]1C1SCCS1. The number of thioether (sulfide) groups is 2. The molecule has 2 aliphatic heterocycles. The average molecular weight is 590 g/mol. The molecule has 1 amide bonds. The zero-order valence-electron chi connectivity index (χ0n) is 23.8. The Balaban J connectivity index is 1.61. The highest BCUT2D eigenvalue weighted by Gasteiger charge is 2.51. The maximum Gasteiger partial charge on any atom is 0.410 e. The predicted octanol–water partition coefficient (Wildman–Crippen LogP) is 5.35. The van der Waals surface area contributed by atoms with E-state index in [4.69, 9.17) is 18.6 Å². The van der Waals surface area contributed by atoms with Crippen molar-refractivity contribution in [2.24, 2.45) is 0 Å². The van der Waals surface area contributed by atoms with Crippen LogP contribution in [0.15, 0.2) is 60.7 Å². The van der Waals surface area contributed by atoms with Crippen LogP contribution in [-0.2, 0) is 18.6 Å². The van der Waals surface area contributed by atoms with Gasteiger partial charge in [-0.15, -0.1) is 23.5 Å². The summed E-state index contributed by atoms with van der Waals surface area (Å²) in [7, 11) is 0.466. The molecule has 0 radical (unpaired) electrons. The van der Waals surface area contributed by atoms with Gasteiger partial charge in [0.05, 0.1) is 23.8 Å². The molecule has 6 nitrogen and oxygen atoms in total. The molecule has 0 aromatic heterocycles. The largest absolute Gasteiger partial charge is 0.453 e. The number of hydrogen-bond donors (Lipinski definition) is 0. The predicted molar refractivity (Wildman–Crippen MR) is 165 cm³/mol. The molecule has 2 fully saturated rings. The Hall–Kier alpha value is -1.49. The van der Waals surface area contributed by atoms with Crippen LogP contribution in [0.1, 0.15) is 40.0 Å². The van der Waals surface area contributed by atoms with E-state index in [1.54, 1.807) is 7.11 Å². The van der Waals surface area contributed by atoms with Gasteiger partial charge in [0.15, 0.2) is 0 Å². The third kappa shape index (κ3) is 6.71. The number of carbonyl (C=O) groups is 1. The molecule has 0 saturated carbocycles. The van der Waals surface area contributed by atoms with E-state index in [1.807, 2.05) is 28.4 Å². The summed E-state index contributed by atoms with van der Waals surface area (Å²) in [5, 5.41) is 2.44. The van der Waals surface area contributed by atoms with Crippen LogP contribution in [0.25, 0.3) is 0 Å². The summed E-state index contributed by atoms with van der Waals surface area (Å²) in [6, 6.07) is 21.4. The second-order valence-corrected chi connectivity index (χ2v) is 18.2. The van der Waals surface area contributed by atoms with Gasteiger partial charge in [-0.25, -0.2) is 4.79 Å². The smallest absolute Gasteiger partial charge is 0.410 e. The van der Waals surface area contributed by atoms with Crippen molar-refractivity contribution in [3.8, 4) is 0 Å². The van der Waals surface area contributed by atoms with E-state index >= 15 is 0 Å². The third-order valence-corrected chi connectivity index (χ3v) is 16.0. The van der Waals surface area contributed by atoms with Crippen LogP contribution in [0, 0.1) is 0 Å².